The predicted octanol–water partition coefficient (Wildman–Crippen LogP) is 7.45. The van der Waals surface area contributed by atoms with Crippen LogP contribution in [0.2, 0.25) is 5.15 Å². The molecule has 2 aliphatic rings. The number of methoxy groups -OCH3 is 2. The summed E-state index contributed by atoms with van der Waals surface area (Å²) in [6, 6.07) is 23.1. The number of anilines is 4. The van der Waals surface area contributed by atoms with E-state index in [-0.39, 0.29) is 5.69 Å². The van der Waals surface area contributed by atoms with Gasteiger partial charge in [-0.3, -0.25) is 10.2 Å². The van der Waals surface area contributed by atoms with Crippen LogP contribution in [0.4, 0.5) is 31.7 Å². The highest BCUT2D eigenvalue weighted by atomic mass is 35.5. The Balaban J connectivity index is 0.000000168. The van der Waals surface area contributed by atoms with Crippen LogP contribution in [0.3, 0.4) is 0 Å². The maximum atomic E-state index is 14.0. The molecule has 16 heteroatoms. The molecule has 58 heavy (non-hydrogen) atoms. The molecule has 4 aromatic heterocycles. The fourth-order valence-electron chi connectivity index (χ4n) is 7.29. The predicted molar refractivity (Wildman–Crippen MR) is 226 cm³/mol. The average molecular weight is 808 g/mol. The molecule has 2 saturated heterocycles. The minimum atomic E-state index is -0.690. The minimum absolute atomic E-state index is 0.139. The van der Waals surface area contributed by atoms with Gasteiger partial charge in [0.15, 0.2) is 11.3 Å². The number of hydrogen-bond acceptors (Lipinski definition) is 11. The third kappa shape index (κ3) is 8.19. The third-order valence-electron chi connectivity index (χ3n) is 10.6. The Morgan fingerprint density at radius 2 is 1.14 bits per heavy atom. The molecule has 0 bridgehead atoms. The maximum absolute atomic E-state index is 14.0. The summed E-state index contributed by atoms with van der Waals surface area (Å²) < 4.78 is 38.4. The zero-order chi connectivity index (χ0) is 40.3. The highest BCUT2D eigenvalue weighted by Crippen LogP contribution is 2.38. The summed E-state index contributed by atoms with van der Waals surface area (Å²) in [5.74, 6) is 0.618. The Morgan fingerprint density at radius 1 is 0.621 bits per heavy atom. The lowest BCUT2D eigenvalue weighted by Gasteiger charge is -2.34. The van der Waals surface area contributed by atoms with E-state index in [1.165, 1.54) is 17.8 Å². The van der Waals surface area contributed by atoms with Crippen molar-refractivity contribution >= 4 is 56.5 Å². The molecule has 9 rings (SSSR count). The second-order valence-electron chi connectivity index (χ2n) is 14.4. The average Bonchev–Trinajstić information content (AvgIpc) is 3.86. The van der Waals surface area contributed by atoms with Crippen LogP contribution in [0.25, 0.3) is 44.6 Å². The van der Waals surface area contributed by atoms with Gasteiger partial charge in [-0.05, 0) is 86.9 Å². The molecule has 13 nitrogen and oxygen atoms in total. The number of nitrogens with one attached hydrogen (secondary N) is 3. The molecule has 0 saturated carbocycles. The van der Waals surface area contributed by atoms with Gasteiger partial charge in [0.05, 0.1) is 31.3 Å². The van der Waals surface area contributed by atoms with E-state index in [1.807, 2.05) is 24.3 Å². The Morgan fingerprint density at radius 3 is 1.66 bits per heavy atom. The number of fused-ring (bicyclic) bond motifs is 2. The van der Waals surface area contributed by atoms with Crippen LogP contribution < -0.4 is 24.6 Å². The van der Waals surface area contributed by atoms with Crippen molar-refractivity contribution in [2.75, 3.05) is 95.8 Å². The lowest BCUT2D eigenvalue weighted by atomic mass is 10.1. The van der Waals surface area contributed by atoms with Crippen molar-refractivity contribution in [2.45, 2.75) is 0 Å². The number of nitrogens with zero attached hydrogens (tertiary/aromatic N) is 8. The van der Waals surface area contributed by atoms with Crippen molar-refractivity contribution in [1.29, 1.82) is 0 Å². The lowest BCUT2D eigenvalue weighted by Crippen LogP contribution is -2.44. The number of aromatic amines is 2. The lowest BCUT2D eigenvalue weighted by molar-refractivity contribution is 0.313. The van der Waals surface area contributed by atoms with E-state index in [0.29, 0.717) is 22.3 Å². The van der Waals surface area contributed by atoms with E-state index in [4.69, 9.17) is 21.1 Å². The van der Waals surface area contributed by atoms with E-state index in [9.17, 15) is 8.78 Å². The molecule has 0 aliphatic carbocycles. The van der Waals surface area contributed by atoms with Crippen molar-refractivity contribution < 1.29 is 18.3 Å². The summed E-state index contributed by atoms with van der Waals surface area (Å²) in [5, 5.41) is 19.9. The summed E-state index contributed by atoms with van der Waals surface area (Å²) in [5.41, 5.74) is 7.10. The Kier molecular flexibility index (Phi) is 11.3. The van der Waals surface area contributed by atoms with Crippen LogP contribution in [-0.4, -0.2) is 121 Å². The number of pyridine rings is 2. The molecule has 0 amide bonds. The standard InChI is InChI=1S/C24H24F2N6O.C18H20ClN5O/c1-31-9-11-32(12-10-31)16-4-7-21(33-2)18(14-16)23-17-5-8-22(28-24(17)30-29-23)27-20-6-3-15(25)13-19(20)26;1-23-7-9-24(10-8-23)12-3-5-15(25-2)14(11-12)17-13-4-6-16(19)20-18(13)22-21-17/h3-8,13-14H,9-12H2,1-2H3,(H2,27,28,29,30);3-6,11H,7-10H2,1-2H3,(H,20,21,22). The van der Waals surface area contributed by atoms with E-state index in [0.717, 1.165) is 109 Å². The number of aromatic nitrogens is 6. The zero-order valence-electron chi connectivity index (χ0n) is 32.7. The minimum Gasteiger partial charge on any atom is -0.496 e. The van der Waals surface area contributed by atoms with Gasteiger partial charge in [-0.1, -0.05) is 11.6 Å². The van der Waals surface area contributed by atoms with Gasteiger partial charge in [0, 0.05) is 91.7 Å². The van der Waals surface area contributed by atoms with E-state index >= 15 is 0 Å². The molecule has 300 valence electrons. The van der Waals surface area contributed by atoms with E-state index < -0.39 is 11.6 Å². The first-order chi connectivity index (χ1) is 28.2. The molecule has 2 aliphatic heterocycles. The third-order valence-corrected chi connectivity index (χ3v) is 10.8. The summed E-state index contributed by atoms with van der Waals surface area (Å²) in [6.45, 7) is 8.12. The van der Waals surface area contributed by atoms with Gasteiger partial charge in [-0.2, -0.15) is 10.2 Å². The van der Waals surface area contributed by atoms with Crippen LogP contribution in [0, 0.1) is 11.6 Å². The maximum Gasteiger partial charge on any atom is 0.183 e. The number of halogens is 3. The monoisotopic (exact) mass is 807 g/mol. The summed E-state index contributed by atoms with van der Waals surface area (Å²) >= 11 is 5.97. The van der Waals surface area contributed by atoms with Gasteiger partial charge in [-0.15, -0.1) is 0 Å². The number of hydrogen-bond donors (Lipinski definition) is 3. The molecule has 2 fully saturated rings. The number of likely N-dealkylation sites (N-methyl/N-ethyl adjacent to an activating group) is 2. The second kappa shape index (κ2) is 16.8. The summed E-state index contributed by atoms with van der Waals surface area (Å²) in [6.07, 6.45) is 0. The van der Waals surface area contributed by atoms with Crippen LogP contribution in [0.5, 0.6) is 11.5 Å². The summed E-state index contributed by atoms with van der Waals surface area (Å²) in [7, 11) is 7.62. The van der Waals surface area contributed by atoms with Crippen molar-refractivity contribution in [2.24, 2.45) is 0 Å². The molecule has 3 aromatic carbocycles. The SMILES string of the molecule is COc1ccc(N2CCN(C)CC2)cc1-c1[nH]nc2nc(Cl)ccc12.COc1ccc(N2CCN(C)CC2)cc1-c1[nH]nc2nc(Nc3ccc(F)cc3F)ccc12. The van der Waals surface area contributed by atoms with Gasteiger partial charge in [0.1, 0.15) is 34.1 Å². The number of ether oxygens (including phenoxy) is 2. The fraction of sp³-hybridized carbons (Fsp3) is 0.286. The first-order valence-electron chi connectivity index (χ1n) is 19.0. The van der Waals surface area contributed by atoms with Gasteiger partial charge in [0.25, 0.3) is 0 Å². The Hall–Kier alpha value is -6.03. The first kappa shape index (κ1) is 38.8. The first-order valence-corrected chi connectivity index (χ1v) is 19.4. The summed E-state index contributed by atoms with van der Waals surface area (Å²) in [4.78, 5) is 18.2. The van der Waals surface area contributed by atoms with Gasteiger partial charge >= 0.3 is 0 Å². The normalized spacial score (nSPS) is 15.1. The number of H-pyrrole nitrogens is 2. The molecular formula is C42H44ClF2N11O2. The van der Waals surface area contributed by atoms with Crippen molar-refractivity contribution in [3.8, 4) is 34.0 Å². The van der Waals surface area contributed by atoms with Crippen LogP contribution in [0.1, 0.15) is 0 Å². The topological polar surface area (TPSA) is 127 Å². The number of piperazine rings is 2. The Bertz CT molecular complexity index is 2550. The quantitative estimate of drug-likeness (QED) is 0.133. The highest BCUT2D eigenvalue weighted by molar-refractivity contribution is 6.29. The van der Waals surface area contributed by atoms with E-state index in [1.54, 1.807) is 26.4 Å². The molecule has 0 radical (unpaired) electrons. The number of benzene rings is 3. The van der Waals surface area contributed by atoms with Gasteiger partial charge < -0.3 is 34.4 Å². The van der Waals surface area contributed by atoms with Crippen molar-refractivity contribution in [1.82, 2.24) is 40.2 Å². The van der Waals surface area contributed by atoms with Crippen LogP contribution >= 0.6 is 11.6 Å². The molecular weight excluding hydrogens is 764 g/mol. The molecule has 3 N–H and O–H groups in total. The van der Waals surface area contributed by atoms with Crippen molar-refractivity contribution in [3.05, 3.63) is 95.7 Å². The van der Waals surface area contributed by atoms with Crippen LogP contribution in [0.15, 0.2) is 78.9 Å². The van der Waals surface area contributed by atoms with Crippen molar-refractivity contribution in [3.63, 3.8) is 0 Å². The molecule has 7 aromatic rings. The van der Waals surface area contributed by atoms with Gasteiger partial charge in [-0.25, -0.2) is 18.7 Å². The fourth-order valence-corrected chi connectivity index (χ4v) is 7.43. The van der Waals surface area contributed by atoms with E-state index in [2.05, 4.69) is 93.6 Å². The smallest absolute Gasteiger partial charge is 0.183 e. The second-order valence-corrected chi connectivity index (χ2v) is 14.8. The molecule has 0 spiro atoms. The molecule has 0 atom stereocenters. The Labute approximate surface area is 339 Å². The van der Waals surface area contributed by atoms with Crippen LogP contribution in [-0.2, 0) is 0 Å². The molecule has 0 unspecified atom stereocenters. The molecule has 6 heterocycles. The zero-order valence-corrected chi connectivity index (χ0v) is 33.4. The number of rotatable bonds is 8. The highest BCUT2D eigenvalue weighted by Gasteiger charge is 2.21. The van der Waals surface area contributed by atoms with Gasteiger partial charge in [0.2, 0.25) is 0 Å². The largest absolute Gasteiger partial charge is 0.496 e.